The topological polar surface area (TPSA) is 34.9 Å². The van der Waals surface area contributed by atoms with Crippen molar-refractivity contribution in [3.63, 3.8) is 0 Å². The van der Waals surface area contributed by atoms with Crippen molar-refractivity contribution in [1.82, 2.24) is 9.55 Å². The molecule has 0 N–H and O–H groups in total. The molecule has 1 aromatic heterocycles. The van der Waals surface area contributed by atoms with Crippen LogP contribution in [0.5, 0.6) is 0 Å². The summed E-state index contributed by atoms with van der Waals surface area (Å²) in [6.07, 6.45) is 0. The molecule has 0 unspecified atom stereocenters. The Morgan fingerprint density at radius 3 is 1.74 bits per heavy atom. The molecule has 3 nitrogen and oxygen atoms in total. The summed E-state index contributed by atoms with van der Waals surface area (Å²) in [5.74, 6) is 0.859. The van der Waals surface area contributed by atoms with Crippen molar-refractivity contribution in [2.45, 2.75) is 0 Å². The van der Waals surface area contributed by atoms with E-state index in [1.165, 1.54) is 0 Å². The van der Waals surface area contributed by atoms with Crippen molar-refractivity contribution in [2.75, 3.05) is 0 Å². The molecule has 168 valence electrons. The largest absolute Gasteiger partial charge is 0.309 e. The van der Waals surface area contributed by atoms with Crippen LogP contribution in [0, 0.1) is 0 Å². The monoisotopic (exact) mass is 470 g/mol. The Kier molecular flexibility index (Phi) is 5.41. The third-order valence-electron chi connectivity index (χ3n) is 6.28. The Morgan fingerprint density at radius 1 is 0.543 bits per heavy atom. The molecule has 0 bridgehead atoms. The van der Waals surface area contributed by atoms with E-state index in [0.29, 0.717) is 0 Å². The number of para-hydroxylation sites is 2. The maximum atomic E-state index is 14.9. The summed E-state index contributed by atoms with van der Waals surface area (Å²) in [7, 11) is -3.09. The fraction of sp³-hybridized carbons (Fsp3) is 0. The van der Waals surface area contributed by atoms with Gasteiger partial charge in [-0.3, -0.25) is 4.57 Å². The number of nitrogens with zero attached hydrogens (tertiary/aromatic N) is 2. The Labute approximate surface area is 204 Å². The van der Waals surface area contributed by atoms with Gasteiger partial charge in [0.15, 0.2) is 7.14 Å². The first-order chi connectivity index (χ1) is 17.2. The van der Waals surface area contributed by atoms with Crippen LogP contribution in [0.2, 0.25) is 0 Å². The highest BCUT2D eigenvalue weighted by molar-refractivity contribution is 7.85. The van der Waals surface area contributed by atoms with Gasteiger partial charge in [-0.25, -0.2) is 4.98 Å². The van der Waals surface area contributed by atoms with E-state index < -0.39 is 7.14 Å². The Morgan fingerprint density at radius 2 is 1.09 bits per heavy atom. The standard InChI is InChI=1S/C31H23N2OP/c34-35(26-16-6-2-7-17-26,27-18-8-3-9-19-27)28-20-12-15-25(23-28)33-30-22-11-10-21-29(30)32-31(33)24-13-4-1-5-14-24/h1-23H. The minimum Gasteiger partial charge on any atom is -0.309 e. The van der Waals surface area contributed by atoms with E-state index in [0.717, 1.165) is 44.0 Å². The molecule has 0 fully saturated rings. The highest BCUT2D eigenvalue weighted by Crippen LogP contribution is 2.43. The summed E-state index contributed by atoms with van der Waals surface area (Å²) in [6, 6.07) is 46.0. The van der Waals surface area contributed by atoms with E-state index in [9.17, 15) is 4.57 Å². The quantitative estimate of drug-likeness (QED) is 0.276. The van der Waals surface area contributed by atoms with Gasteiger partial charge in [0.1, 0.15) is 5.82 Å². The highest BCUT2D eigenvalue weighted by Gasteiger charge is 2.30. The lowest BCUT2D eigenvalue weighted by atomic mass is 10.2. The highest BCUT2D eigenvalue weighted by atomic mass is 31.2. The van der Waals surface area contributed by atoms with Crippen molar-refractivity contribution >= 4 is 34.1 Å². The van der Waals surface area contributed by atoms with Crippen LogP contribution in [0.4, 0.5) is 0 Å². The van der Waals surface area contributed by atoms with Gasteiger partial charge in [0.2, 0.25) is 0 Å². The summed E-state index contributed by atoms with van der Waals surface area (Å²) in [5.41, 5.74) is 3.90. The van der Waals surface area contributed by atoms with E-state index in [1.807, 2.05) is 109 Å². The first kappa shape index (κ1) is 21.3. The maximum absolute atomic E-state index is 14.9. The summed E-state index contributed by atoms with van der Waals surface area (Å²) in [6.45, 7) is 0. The number of hydrogen-bond acceptors (Lipinski definition) is 2. The Balaban J connectivity index is 1.61. The fourth-order valence-electron chi connectivity index (χ4n) is 4.62. The second-order valence-corrected chi connectivity index (χ2v) is 11.2. The fourth-order valence-corrected chi connectivity index (χ4v) is 7.31. The van der Waals surface area contributed by atoms with Crippen molar-refractivity contribution in [1.29, 1.82) is 0 Å². The van der Waals surface area contributed by atoms with Crippen LogP contribution in [-0.4, -0.2) is 9.55 Å². The number of rotatable bonds is 5. The van der Waals surface area contributed by atoms with Crippen LogP contribution in [0.1, 0.15) is 0 Å². The summed E-state index contributed by atoms with van der Waals surface area (Å²) in [5, 5.41) is 2.44. The van der Waals surface area contributed by atoms with Crippen molar-refractivity contribution < 1.29 is 4.57 Å². The van der Waals surface area contributed by atoms with Gasteiger partial charge in [-0.2, -0.15) is 0 Å². The molecule has 5 aromatic carbocycles. The third kappa shape index (κ3) is 3.71. The van der Waals surface area contributed by atoms with Gasteiger partial charge in [0.05, 0.1) is 11.0 Å². The summed E-state index contributed by atoms with van der Waals surface area (Å²) in [4.78, 5) is 4.96. The molecule has 0 spiro atoms. The molecule has 0 radical (unpaired) electrons. The zero-order valence-corrected chi connectivity index (χ0v) is 19.9. The molecule has 0 aliphatic carbocycles. The Bertz CT molecular complexity index is 1620. The van der Waals surface area contributed by atoms with E-state index in [-0.39, 0.29) is 0 Å². The number of fused-ring (bicyclic) bond motifs is 1. The van der Waals surface area contributed by atoms with Crippen LogP contribution in [0.25, 0.3) is 28.1 Å². The number of aromatic nitrogens is 2. The van der Waals surface area contributed by atoms with Gasteiger partial charge < -0.3 is 4.57 Å². The molecule has 0 atom stereocenters. The molecule has 6 aromatic rings. The SMILES string of the molecule is O=P(c1ccccc1)(c1ccccc1)c1cccc(-n2c(-c3ccccc3)nc3ccccc32)c1. The second-order valence-electron chi connectivity index (χ2n) is 8.43. The van der Waals surface area contributed by atoms with E-state index >= 15 is 0 Å². The normalized spacial score (nSPS) is 11.5. The zero-order valence-electron chi connectivity index (χ0n) is 19.0. The molecule has 6 rings (SSSR count). The van der Waals surface area contributed by atoms with Gasteiger partial charge in [-0.1, -0.05) is 115 Å². The summed E-state index contributed by atoms with van der Waals surface area (Å²) < 4.78 is 17.1. The molecule has 35 heavy (non-hydrogen) atoms. The number of hydrogen-bond donors (Lipinski definition) is 0. The average molecular weight is 471 g/mol. The van der Waals surface area contributed by atoms with Crippen LogP contribution >= 0.6 is 7.14 Å². The van der Waals surface area contributed by atoms with Gasteiger partial charge >= 0.3 is 0 Å². The van der Waals surface area contributed by atoms with Crippen LogP contribution in [0.15, 0.2) is 140 Å². The second kappa shape index (κ2) is 8.87. The van der Waals surface area contributed by atoms with Gasteiger partial charge in [0.25, 0.3) is 0 Å². The smallest absolute Gasteiger partial charge is 0.171 e. The lowest BCUT2D eigenvalue weighted by Gasteiger charge is -2.21. The molecule has 0 aliphatic heterocycles. The molecule has 0 amide bonds. The van der Waals surface area contributed by atoms with Crippen molar-refractivity contribution in [3.05, 3.63) is 140 Å². The molecular formula is C31H23N2OP. The lowest BCUT2D eigenvalue weighted by Crippen LogP contribution is -2.25. The zero-order chi connectivity index (χ0) is 23.7. The van der Waals surface area contributed by atoms with E-state index in [1.54, 1.807) is 0 Å². The Hall–Kier alpha value is -4.20. The van der Waals surface area contributed by atoms with E-state index in [4.69, 9.17) is 4.98 Å². The van der Waals surface area contributed by atoms with Crippen molar-refractivity contribution in [2.24, 2.45) is 0 Å². The molecule has 0 saturated carbocycles. The summed E-state index contributed by atoms with van der Waals surface area (Å²) >= 11 is 0. The first-order valence-electron chi connectivity index (χ1n) is 11.6. The molecular weight excluding hydrogens is 447 g/mol. The van der Waals surface area contributed by atoms with E-state index in [2.05, 4.69) is 34.9 Å². The number of imidazole rings is 1. The predicted octanol–water partition coefficient (Wildman–Crippen LogP) is 6.33. The van der Waals surface area contributed by atoms with Crippen LogP contribution in [0.3, 0.4) is 0 Å². The third-order valence-corrected chi connectivity index (χ3v) is 9.34. The lowest BCUT2D eigenvalue weighted by molar-refractivity contribution is 0.592. The minimum absolute atomic E-state index is 0.796. The van der Waals surface area contributed by atoms with Crippen LogP contribution < -0.4 is 15.9 Å². The van der Waals surface area contributed by atoms with Gasteiger partial charge in [-0.15, -0.1) is 0 Å². The molecule has 1 heterocycles. The predicted molar refractivity (Wildman–Crippen MR) is 146 cm³/mol. The first-order valence-corrected chi connectivity index (χ1v) is 13.3. The van der Waals surface area contributed by atoms with Gasteiger partial charge in [0, 0.05) is 27.2 Å². The minimum atomic E-state index is -3.09. The van der Waals surface area contributed by atoms with Crippen molar-refractivity contribution in [3.8, 4) is 17.1 Å². The van der Waals surface area contributed by atoms with Gasteiger partial charge in [-0.05, 0) is 24.3 Å². The number of benzene rings is 5. The molecule has 4 heteroatoms. The van der Waals surface area contributed by atoms with Crippen LogP contribution in [-0.2, 0) is 4.57 Å². The molecule has 0 saturated heterocycles. The maximum Gasteiger partial charge on any atom is 0.171 e. The average Bonchev–Trinajstić information content (AvgIpc) is 3.34. The molecule has 0 aliphatic rings.